The average molecular weight is 341 g/mol. The highest BCUT2D eigenvalue weighted by Gasteiger charge is 2.33. The lowest BCUT2D eigenvalue weighted by atomic mass is 10.1. The van der Waals surface area contributed by atoms with Crippen LogP contribution in [0.15, 0.2) is 30.3 Å². The van der Waals surface area contributed by atoms with Gasteiger partial charge in [0.15, 0.2) is 0 Å². The summed E-state index contributed by atoms with van der Waals surface area (Å²) in [5.41, 5.74) is 0.922. The van der Waals surface area contributed by atoms with E-state index in [1.165, 1.54) is 12.8 Å². The lowest BCUT2D eigenvalue weighted by Gasteiger charge is -2.35. The smallest absolute Gasteiger partial charge is 0.324 e. The van der Waals surface area contributed by atoms with E-state index in [0.717, 1.165) is 23.9 Å². The molecule has 0 radical (unpaired) electrons. The van der Waals surface area contributed by atoms with Crippen LogP contribution in [0.2, 0.25) is 0 Å². The Balaban J connectivity index is 1.46. The Labute approximate surface area is 147 Å². The van der Waals surface area contributed by atoms with Gasteiger partial charge in [-0.1, -0.05) is 31.0 Å². The number of aromatic nitrogens is 3. The third-order valence-corrected chi connectivity index (χ3v) is 4.78. The van der Waals surface area contributed by atoms with Gasteiger partial charge in [0.2, 0.25) is 0 Å². The molecular weight excluding hydrogens is 318 g/mol. The summed E-state index contributed by atoms with van der Waals surface area (Å²) in [7, 11) is 0. The standard InChI is InChI=1S/C18H23N5O2/c1-13-19-17(21-23(13)15-5-3-2-4-6-15)20-18(24)22-9-10-25-12-16(22)11-14-7-8-14/h2-6,14,16H,7-12H2,1H3,(H,20,21,24). The van der Waals surface area contributed by atoms with E-state index in [0.29, 0.717) is 25.7 Å². The number of benzene rings is 1. The number of amides is 2. The average Bonchev–Trinajstić information content (AvgIpc) is 3.37. The number of hydrogen-bond acceptors (Lipinski definition) is 4. The molecule has 1 unspecified atom stereocenters. The van der Waals surface area contributed by atoms with Crippen molar-refractivity contribution in [2.45, 2.75) is 32.2 Å². The zero-order chi connectivity index (χ0) is 17.2. The summed E-state index contributed by atoms with van der Waals surface area (Å²) in [6.45, 7) is 3.69. The molecule has 25 heavy (non-hydrogen) atoms. The summed E-state index contributed by atoms with van der Waals surface area (Å²) in [5, 5.41) is 7.28. The van der Waals surface area contributed by atoms with E-state index in [2.05, 4.69) is 15.4 Å². The Bertz CT molecular complexity index is 741. The molecule has 2 aliphatic rings. The second kappa shape index (κ2) is 6.84. The van der Waals surface area contributed by atoms with Crippen molar-refractivity contribution in [1.29, 1.82) is 0 Å². The summed E-state index contributed by atoms with van der Waals surface area (Å²) in [5.74, 6) is 1.82. The van der Waals surface area contributed by atoms with Crippen LogP contribution in [-0.2, 0) is 4.74 Å². The maximum absolute atomic E-state index is 12.7. The largest absolute Gasteiger partial charge is 0.377 e. The molecule has 0 spiro atoms. The number of para-hydroxylation sites is 1. The summed E-state index contributed by atoms with van der Waals surface area (Å²) in [4.78, 5) is 19.0. The third kappa shape index (κ3) is 3.66. The van der Waals surface area contributed by atoms with E-state index in [-0.39, 0.29) is 12.1 Å². The molecule has 2 aromatic rings. The van der Waals surface area contributed by atoms with Crippen molar-refractivity contribution < 1.29 is 9.53 Å². The van der Waals surface area contributed by atoms with Gasteiger partial charge in [-0.15, -0.1) is 5.10 Å². The van der Waals surface area contributed by atoms with E-state index in [1.54, 1.807) is 4.68 Å². The first kappa shape index (κ1) is 16.1. The van der Waals surface area contributed by atoms with Crippen LogP contribution in [0, 0.1) is 12.8 Å². The zero-order valence-electron chi connectivity index (χ0n) is 14.4. The molecule has 1 aromatic heterocycles. The van der Waals surface area contributed by atoms with Crippen LogP contribution in [0.25, 0.3) is 5.69 Å². The molecule has 2 amide bonds. The second-order valence-corrected chi connectivity index (χ2v) is 6.76. The third-order valence-electron chi connectivity index (χ3n) is 4.78. The normalized spacial score (nSPS) is 20.5. The first-order valence-corrected chi connectivity index (χ1v) is 8.85. The van der Waals surface area contributed by atoms with Crippen molar-refractivity contribution in [1.82, 2.24) is 19.7 Å². The number of hydrogen-bond donors (Lipinski definition) is 1. The maximum atomic E-state index is 12.7. The summed E-state index contributed by atoms with van der Waals surface area (Å²) < 4.78 is 7.30. The van der Waals surface area contributed by atoms with Crippen molar-refractivity contribution in [3.8, 4) is 5.69 Å². The van der Waals surface area contributed by atoms with Crippen LogP contribution in [0.3, 0.4) is 0 Å². The fraction of sp³-hybridized carbons (Fsp3) is 0.500. The molecule has 2 heterocycles. The number of carbonyl (C=O) groups excluding carboxylic acids is 1. The minimum absolute atomic E-state index is 0.140. The van der Waals surface area contributed by atoms with Crippen molar-refractivity contribution in [2.75, 3.05) is 25.1 Å². The van der Waals surface area contributed by atoms with Crippen molar-refractivity contribution >= 4 is 12.0 Å². The Morgan fingerprint density at radius 2 is 2.12 bits per heavy atom. The quantitative estimate of drug-likeness (QED) is 0.928. The molecular formula is C18H23N5O2. The fourth-order valence-corrected chi connectivity index (χ4v) is 3.28. The number of rotatable bonds is 4. The van der Waals surface area contributed by atoms with Crippen LogP contribution in [0.1, 0.15) is 25.1 Å². The molecule has 1 saturated heterocycles. The number of aryl methyl sites for hydroxylation is 1. The number of carbonyl (C=O) groups is 1. The lowest BCUT2D eigenvalue weighted by Crippen LogP contribution is -2.50. The van der Waals surface area contributed by atoms with Gasteiger partial charge in [0, 0.05) is 6.54 Å². The molecule has 1 aliphatic carbocycles. The predicted molar refractivity (Wildman–Crippen MR) is 93.8 cm³/mol. The molecule has 1 N–H and O–H groups in total. The summed E-state index contributed by atoms with van der Waals surface area (Å²) >= 11 is 0. The highest BCUT2D eigenvalue weighted by molar-refractivity contribution is 5.87. The van der Waals surface area contributed by atoms with Gasteiger partial charge in [-0.05, 0) is 31.4 Å². The zero-order valence-corrected chi connectivity index (χ0v) is 14.4. The molecule has 1 atom stereocenters. The Hall–Kier alpha value is -2.41. The molecule has 2 fully saturated rings. The fourth-order valence-electron chi connectivity index (χ4n) is 3.28. The van der Waals surface area contributed by atoms with Gasteiger partial charge in [0.25, 0.3) is 5.95 Å². The first-order valence-electron chi connectivity index (χ1n) is 8.85. The molecule has 1 aliphatic heterocycles. The number of ether oxygens (including phenoxy) is 1. The number of nitrogens with zero attached hydrogens (tertiary/aromatic N) is 4. The van der Waals surface area contributed by atoms with Crippen LogP contribution in [-0.4, -0.2) is 51.5 Å². The summed E-state index contributed by atoms with van der Waals surface area (Å²) in [6, 6.07) is 9.78. The van der Waals surface area contributed by atoms with Gasteiger partial charge >= 0.3 is 6.03 Å². The van der Waals surface area contributed by atoms with Gasteiger partial charge in [-0.25, -0.2) is 9.48 Å². The van der Waals surface area contributed by atoms with Gasteiger partial charge in [0.05, 0.1) is 24.9 Å². The van der Waals surface area contributed by atoms with Crippen molar-refractivity contribution in [3.05, 3.63) is 36.2 Å². The van der Waals surface area contributed by atoms with Crippen molar-refractivity contribution in [2.24, 2.45) is 5.92 Å². The minimum atomic E-state index is -0.140. The molecule has 7 heteroatoms. The Kier molecular flexibility index (Phi) is 4.40. The molecule has 0 bridgehead atoms. The van der Waals surface area contributed by atoms with E-state index in [1.807, 2.05) is 42.2 Å². The molecule has 132 valence electrons. The van der Waals surface area contributed by atoms with Gasteiger partial charge in [-0.3, -0.25) is 5.32 Å². The number of nitrogens with one attached hydrogen (secondary N) is 1. The van der Waals surface area contributed by atoms with Gasteiger partial charge < -0.3 is 9.64 Å². The monoisotopic (exact) mass is 341 g/mol. The number of morpholine rings is 1. The number of anilines is 1. The Morgan fingerprint density at radius 1 is 1.32 bits per heavy atom. The molecule has 1 aromatic carbocycles. The van der Waals surface area contributed by atoms with Crippen LogP contribution >= 0.6 is 0 Å². The maximum Gasteiger partial charge on any atom is 0.324 e. The minimum Gasteiger partial charge on any atom is -0.377 e. The van der Waals surface area contributed by atoms with Crippen molar-refractivity contribution in [3.63, 3.8) is 0 Å². The predicted octanol–water partition coefficient (Wildman–Crippen LogP) is 2.61. The highest BCUT2D eigenvalue weighted by Crippen LogP contribution is 2.35. The second-order valence-electron chi connectivity index (χ2n) is 6.76. The summed E-state index contributed by atoms with van der Waals surface area (Å²) in [6.07, 6.45) is 3.57. The van der Waals surface area contributed by atoms with E-state index < -0.39 is 0 Å². The van der Waals surface area contributed by atoms with Gasteiger partial charge in [0.1, 0.15) is 5.82 Å². The van der Waals surface area contributed by atoms with Crippen LogP contribution in [0.5, 0.6) is 0 Å². The SMILES string of the molecule is Cc1nc(NC(=O)N2CCOCC2CC2CC2)nn1-c1ccccc1. The topological polar surface area (TPSA) is 72.3 Å². The highest BCUT2D eigenvalue weighted by atomic mass is 16.5. The molecule has 7 nitrogen and oxygen atoms in total. The van der Waals surface area contributed by atoms with Gasteiger partial charge in [-0.2, -0.15) is 4.98 Å². The lowest BCUT2D eigenvalue weighted by molar-refractivity contribution is 0.0107. The van der Waals surface area contributed by atoms with Crippen LogP contribution in [0.4, 0.5) is 10.7 Å². The van der Waals surface area contributed by atoms with E-state index in [4.69, 9.17) is 4.74 Å². The van der Waals surface area contributed by atoms with Crippen LogP contribution < -0.4 is 5.32 Å². The number of urea groups is 1. The molecule has 4 rings (SSSR count). The first-order chi connectivity index (χ1) is 12.2. The van der Waals surface area contributed by atoms with E-state index in [9.17, 15) is 4.79 Å². The Morgan fingerprint density at radius 3 is 2.88 bits per heavy atom. The van der Waals surface area contributed by atoms with E-state index >= 15 is 0 Å². The molecule has 1 saturated carbocycles.